The molecule has 2 fully saturated rings. The zero-order valence-corrected chi connectivity index (χ0v) is 14.6. The molecule has 0 saturated heterocycles. The molecule has 0 N–H and O–H groups in total. The number of hydrogen-bond donors (Lipinski definition) is 0. The van der Waals surface area contributed by atoms with Crippen molar-refractivity contribution >= 4 is 0 Å². The fourth-order valence-corrected chi connectivity index (χ4v) is 4.28. The van der Waals surface area contributed by atoms with Crippen molar-refractivity contribution in [2.75, 3.05) is 13.2 Å². The predicted octanol–water partition coefficient (Wildman–Crippen LogP) is 5.06. The van der Waals surface area contributed by atoms with E-state index in [9.17, 15) is 0 Å². The third-order valence-electron chi connectivity index (χ3n) is 6.21. The van der Waals surface area contributed by atoms with Crippen molar-refractivity contribution in [2.45, 2.75) is 84.8 Å². The van der Waals surface area contributed by atoms with Gasteiger partial charge in [0.25, 0.3) is 0 Å². The zero-order chi connectivity index (χ0) is 15.2. The summed E-state index contributed by atoms with van der Waals surface area (Å²) in [6, 6.07) is 0. The van der Waals surface area contributed by atoms with Crippen LogP contribution in [0.3, 0.4) is 0 Å². The topological polar surface area (TPSA) is 18.5 Å². The summed E-state index contributed by atoms with van der Waals surface area (Å²) in [6.07, 6.45) is 10.2. The maximum absolute atomic E-state index is 6.34. The molecule has 0 aliphatic heterocycles. The fourth-order valence-electron chi connectivity index (χ4n) is 4.28. The highest BCUT2D eigenvalue weighted by atomic mass is 16.5. The molecule has 0 aromatic heterocycles. The van der Waals surface area contributed by atoms with Gasteiger partial charge in [-0.2, -0.15) is 0 Å². The summed E-state index contributed by atoms with van der Waals surface area (Å²) in [6.45, 7) is 11.0. The minimum absolute atomic E-state index is 0.449. The van der Waals surface area contributed by atoms with Crippen LogP contribution in [0.4, 0.5) is 0 Å². The first kappa shape index (κ1) is 17.3. The Morgan fingerprint density at radius 3 is 1.76 bits per heavy atom. The molecule has 4 atom stereocenters. The molecule has 124 valence electrons. The average Bonchev–Trinajstić information content (AvgIpc) is 2.52. The smallest absolute Gasteiger partial charge is 0.0605 e. The Morgan fingerprint density at radius 1 is 0.714 bits per heavy atom. The van der Waals surface area contributed by atoms with E-state index in [2.05, 4.69) is 27.7 Å². The lowest BCUT2D eigenvalue weighted by atomic mass is 9.77. The van der Waals surface area contributed by atoms with Gasteiger partial charge < -0.3 is 9.47 Å². The van der Waals surface area contributed by atoms with Gasteiger partial charge in [-0.05, 0) is 56.3 Å². The summed E-state index contributed by atoms with van der Waals surface area (Å²) < 4.78 is 12.2. The highest BCUT2D eigenvalue weighted by Crippen LogP contribution is 2.35. The van der Waals surface area contributed by atoms with Crippen LogP contribution < -0.4 is 0 Å². The first-order valence-corrected chi connectivity index (χ1v) is 9.38. The molecule has 2 aliphatic carbocycles. The largest absolute Gasteiger partial charge is 0.378 e. The minimum atomic E-state index is 0.449. The van der Waals surface area contributed by atoms with Crippen LogP contribution in [0.25, 0.3) is 0 Å². The summed E-state index contributed by atoms with van der Waals surface area (Å²) >= 11 is 0. The summed E-state index contributed by atoms with van der Waals surface area (Å²) in [7, 11) is 0. The van der Waals surface area contributed by atoms with E-state index in [1.165, 1.54) is 44.9 Å². The molecule has 0 aromatic rings. The molecule has 0 spiro atoms. The Bertz CT molecular complexity index is 283. The second-order valence-corrected chi connectivity index (χ2v) is 7.46. The molecular formula is C19H36O2. The zero-order valence-electron chi connectivity index (χ0n) is 14.6. The van der Waals surface area contributed by atoms with Gasteiger partial charge >= 0.3 is 0 Å². The van der Waals surface area contributed by atoms with Gasteiger partial charge in [-0.1, -0.05) is 40.0 Å². The highest BCUT2D eigenvalue weighted by molar-refractivity contribution is 4.85. The van der Waals surface area contributed by atoms with Crippen molar-refractivity contribution in [1.82, 2.24) is 0 Å². The summed E-state index contributed by atoms with van der Waals surface area (Å²) in [4.78, 5) is 0. The molecule has 2 rings (SSSR count). The van der Waals surface area contributed by atoms with E-state index in [-0.39, 0.29) is 0 Å². The van der Waals surface area contributed by atoms with Crippen LogP contribution in [0.15, 0.2) is 0 Å². The van der Waals surface area contributed by atoms with Gasteiger partial charge in [-0.15, -0.1) is 0 Å². The first-order chi connectivity index (χ1) is 10.2. The molecule has 2 saturated carbocycles. The van der Waals surface area contributed by atoms with Crippen LogP contribution in [-0.2, 0) is 9.47 Å². The SMILES string of the molecule is CCOC1CCC(OCC2CCC(CC)CC2)C(C)C1C. The van der Waals surface area contributed by atoms with Crippen LogP contribution in [0, 0.1) is 23.7 Å². The lowest BCUT2D eigenvalue weighted by molar-refractivity contribution is -0.0969. The van der Waals surface area contributed by atoms with Crippen LogP contribution >= 0.6 is 0 Å². The third kappa shape index (κ3) is 4.69. The summed E-state index contributed by atoms with van der Waals surface area (Å²) in [5, 5.41) is 0. The lowest BCUT2D eigenvalue weighted by Crippen LogP contribution is -2.41. The minimum Gasteiger partial charge on any atom is -0.378 e. The van der Waals surface area contributed by atoms with Crippen molar-refractivity contribution < 1.29 is 9.47 Å². The Labute approximate surface area is 132 Å². The molecule has 21 heavy (non-hydrogen) atoms. The Balaban J connectivity index is 1.71. The van der Waals surface area contributed by atoms with E-state index in [1.54, 1.807) is 0 Å². The van der Waals surface area contributed by atoms with E-state index < -0.39 is 0 Å². The molecular weight excluding hydrogens is 260 g/mol. The second-order valence-electron chi connectivity index (χ2n) is 7.46. The van der Waals surface area contributed by atoms with Crippen LogP contribution in [0.1, 0.15) is 72.6 Å². The summed E-state index contributed by atoms with van der Waals surface area (Å²) in [5.74, 6) is 3.06. The van der Waals surface area contributed by atoms with E-state index in [0.717, 1.165) is 25.0 Å². The summed E-state index contributed by atoms with van der Waals surface area (Å²) in [5.41, 5.74) is 0. The molecule has 0 radical (unpaired) electrons. The molecule has 0 aromatic carbocycles. The molecule has 0 amide bonds. The van der Waals surface area contributed by atoms with Crippen molar-refractivity contribution in [3.63, 3.8) is 0 Å². The second kappa shape index (κ2) is 8.53. The quantitative estimate of drug-likeness (QED) is 0.682. The molecule has 2 heteroatoms. The molecule has 2 aliphatic rings. The van der Waals surface area contributed by atoms with Gasteiger partial charge in [0.05, 0.1) is 12.2 Å². The van der Waals surface area contributed by atoms with E-state index in [0.29, 0.717) is 24.0 Å². The predicted molar refractivity (Wildman–Crippen MR) is 88.5 cm³/mol. The van der Waals surface area contributed by atoms with Crippen LogP contribution in [0.2, 0.25) is 0 Å². The monoisotopic (exact) mass is 296 g/mol. The number of ether oxygens (including phenoxy) is 2. The van der Waals surface area contributed by atoms with Gasteiger partial charge in [-0.25, -0.2) is 0 Å². The lowest BCUT2D eigenvalue weighted by Gasteiger charge is -2.40. The van der Waals surface area contributed by atoms with E-state index >= 15 is 0 Å². The standard InChI is InChI=1S/C19H36O2/c1-5-16-7-9-17(10-8-16)13-21-19-12-11-18(20-6-2)14(3)15(19)4/h14-19H,5-13H2,1-4H3. The molecule has 4 unspecified atom stereocenters. The fraction of sp³-hybridized carbons (Fsp3) is 1.00. The maximum atomic E-state index is 6.34. The molecule has 0 bridgehead atoms. The highest BCUT2D eigenvalue weighted by Gasteiger charge is 2.35. The maximum Gasteiger partial charge on any atom is 0.0605 e. The molecule has 0 heterocycles. The van der Waals surface area contributed by atoms with Gasteiger partial charge in [0.1, 0.15) is 0 Å². The number of hydrogen-bond acceptors (Lipinski definition) is 2. The van der Waals surface area contributed by atoms with E-state index in [4.69, 9.17) is 9.47 Å². The van der Waals surface area contributed by atoms with Gasteiger partial charge in [-0.3, -0.25) is 0 Å². The van der Waals surface area contributed by atoms with Crippen LogP contribution in [-0.4, -0.2) is 25.4 Å². The van der Waals surface area contributed by atoms with Gasteiger partial charge in [0.2, 0.25) is 0 Å². The van der Waals surface area contributed by atoms with E-state index in [1.807, 2.05) is 0 Å². The van der Waals surface area contributed by atoms with Gasteiger partial charge in [0.15, 0.2) is 0 Å². The molecule has 2 nitrogen and oxygen atoms in total. The number of rotatable bonds is 6. The Morgan fingerprint density at radius 2 is 1.24 bits per heavy atom. The van der Waals surface area contributed by atoms with Crippen molar-refractivity contribution in [3.8, 4) is 0 Å². The van der Waals surface area contributed by atoms with Gasteiger partial charge in [0, 0.05) is 13.2 Å². The first-order valence-electron chi connectivity index (χ1n) is 9.38. The Hall–Kier alpha value is -0.0800. The van der Waals surface area contributed by atoms with Crippen LogP contribution in [0.5, 0.6) is 0 Å². The Kier molecular flexibility index (Phi) is 7.01. The average molecular weight is 296 g/mol. The van der Waals surface area contributed by atoms with Crippen molar-refractivity contribution in [2.24, 2.45) is 23.7 Å². The third-order valence-corrected chi connectivity index (χ3v) is 6.21. The van der Waals surface area contributed by atoms with Crippen molar-refractivity contribution in [3.05, 3.63) is 0 Å². The van der Waals surface area contributed by atoms with Crippen molar-refractivity contribution in [1.29, 1.82) is 0 Å². The normalized spacial score (nSPS) is 41.1.